The summed E-state index contributed by atoms with van der Waals surface area (Å²) in [6.07, 6.45) is 1.12. The minimum absolute atomic E-state index is 0.0701. The zero-order chi connectivity index (χ0) is 15.5. The van der Waals surface area contributed by atoms with Crippen LogP contribution in [0.15, 0.2) is 24.3 Å². The van der Waals surface area contributed by atoms with Crippen LogP contribution in [-0.4, -0.2) is 42.4 Å². The Labute approximate surface area is 123 Å². The minimum atomic E-state index is -0.859. The second kappa shape index (κ2) is 6.09. The molecule has 1 aromatic carbocycles. The van der Waals surface area contributed by atoms with Gasteiger partial charge in [0, 0.05) is 13.1 Å². The fourth-order valence-corrected chi connectivity index (χ4v) is 2.40. The van der Waals surface area contributed by atoms with Crippen molar-refractivity contribution >= 4 is 17.6 Å². The van der Waals surface area contributed by atoms with E-state index in [0.717, 1.165) is 13.1 Å². The van der Waals surface area contributed by atoms with Crippen molar-refractivity contribution < 1.29 is 9.18 Å². The van der Waals surface area contributed by atoms with Gasteiger partial charge in [0.2, 0.25) is 0 Å². The number of para-hydroxylation sites is 1. The van der Waals surface area contributed by atoms with E-state index in [-0.39, 0.29) is 11.5 Å². The van der Waals surface area contributed by atoms with Crippen LogP contribution in [0.5, 0.6) is 0 Å². The fourth-order valence-electron chi connectivity index (χ4n) is 2.40. The molecule has 0 radical (unpaired) electrons. The Bertz CT molecular complexity index is 540. The maximum Gasteiger partial charge on any atom is 0.320 e. The number of nitrogens with zero attached hydrogens (tertiary/aromatic N) is 1. The summed E-state index contributed by atoms with van der Waals surface area (Å²) < 4.78 is 13.5. The number of halogens is 1. The molecule has 7 heteroatoms. The highest BCUT2D eigenvalue weighted by Gasteiger charge is 2.38. The number of carbonyl (C=O) groups excluding carboxylic acids is 1. The van der Waals surface area contributed by atoms with Gasteiger partial charge >= 0.3 is 6.03 Å². The van der Waals surface area contributed by atoms with Gasteiger partial charge in [0.05, 0.1) is 5.69 Å². The normalized spacial score (nSPS) is 18.0. The molecule has 1 aromatic rings. The third kappa shape index (κ3) is 3.49. The third-order valence-corrected chi connectivity index (χ3v) is 3.83. The van der Waals surface area contributed by atoms with Gasteiger partial charge in [0.1, 0.15) is 17.2 Å². The van der Waals surface area contributed by atoms with E-state index in [1.165, 1.54) is 12.1 Å². The number of rotatable bonds is 3. The van der Waals surface area contributed by atoms with Crippen molar-refractivity contribution in [3.05, 3.63) is 30.1 Å². The van der Waals surface area contributed by atoms with Gasteiger partial charge in [-0.2, -0.15) is 0 Å². The molecule has 0 aromatic heterocycles. The van der Waals surface area contributed by atoms with Crippen molar-refractivity contribution in [3.63, 3.8) is 0 Å². The first-order valence-electron chi connectivity index (χ1n) is 6.80. The minimum Gasteiger partial charge on any atom is -0.386 e. The zero-order valence-corrected chi connectivity index (χ0v) is 11.9. The predicted octanol–water partition coefficient (Wildman–Crippen LogP) is 1.35. The average molecular weight is 293 g/mol. The Morgan fingerprint density at radius 2 is 2.00 bits per heavy atom. The van der Waals surface area contributed by atoms with Gasteiger partial charge in [-0.25, -0.2) is 9.18 Å². The number of amides is 2. The largest absolute Gasteiger partial charge is 0.386 e. The van der Waals surface area contributed by atoms with Crippen molar-refractivity contribution in [1.29, 1.82) is 5.41 Å². The van der Waals surface area contributed by atoms with E-state index in [1.807, 2.05) is 7.05 Å². The van der Waals surface area contributed by atoms with Crippen LogP contribution < -0.4 is 16.4 Å². The van der Waals surface area contributed by atoms with Crippen molar-refractivity contribution in [2.24, 2.45) is 5.73 Å². The standard InChI is InChI=1S/C14H20FN5O/c1-20-8-6-14(7-9-20,12(16)17)19-13(21)18-11-5-3-2-4-10(11)15/h2-5H,6-9H2,1H3,(H3,16,17)(H2,18,19,21). The molecule has 0 aliphatic carbocycles. The monoisotopic (exact) mass is 293 g/mol. The van der Waals surface area contributed by atoms with Crippen molar-refractivity contribution in [2.45, 2.75) is 18.4 Å². The van der Waals surface area contributed by atoms with E-state index in [4.69, 9.17) is 11.1 Å². The van der Waals surface area contributed by atoms with Gasteiger partial charge in [-0.1, -0.05) is 12.1 Å². The Morgan fingerprint density at radius 1 is 1.38 bits per heavy atom. The van der Waals surface area contributed by atoms with Crippen LogP contribution in [0.25, 0.3) is 0 Å². The number of nitrogens with two attached hydrogens (primary N) is 1. The highest BCUT2D eigenvalue weighted by atomic mass is 19.1. The van der Waals surface area contributed by atoms with Crippen LogP contribution in [-0.2, 0) is 0 Å². The Balaban J connectivity index is 2.06. The molecule has 21 heavy (non-hydrogen) atoms. The van der Waals surface area contributed by atoms with Gasteiger partial charge < -0.3 is 21.3 Å². The molecule has 0 unspecified atom stereocenters. The lowest BCUT2D eigenvalue weighted by atomic mass is 9.86. The number of benzene rings is 1. The molecule has 0 bridgehead atoms. The van der Waals surface area contributed by atoms with Crippen LogP contribution >= 0.6 is 0 Å². The quantitative estimate of drug-likeness (QED) is 0.500. The summed E-state index contributed by atoms with van der Waals surface area (Å²) in [5, 5.41) is 13.0. The molecule has 1 fully saturated rings. The predicted molar refractivity (Wildman–Crippen MR) is 79.9 cm³/mol. The first kappa shape index (κ1) is 15.2. The molecule has 0 spiro atoms. The number of hydrogen-bond donors (Lipinski definition) is 4. The lowest BCUT2D eigenvalue weighted by Gasteiger charge is -2.40. The molecule has 114 valence electrons. The van der Waals surface area contributed by atoms with Gasteiger partial charge in [-0.05, 0) is 32.0 Å². The van der Waals surface area contributed by atoms with Crippen LogP contribution in [0.4, 0.5) is 14.9 Å². The summed E-state index contributed by atoms with van der Waals surface area (Å²) in [6, 6.07) is 5.37. The molecule has 2 amide bonds. The first-order valence-corrected chi connectivity index (χ1v) is 6.80. The van der Waals surface area contributed by atoms with Crippen molar-refractivity contribution in [3.8, 4) is 0 Å². The topological polar surface area (TPSA) is 94.2 Å². The van der Waals surface area contributed by atoms with E-state index in [9.17, 15) is 9.18 Å². The molecule has 1 saturated heterocycles. The number of piperidine rings is 1. The molecular weight excluding hydrogens is 273 g/mol. The lowest BCUT2D eigenvalue weighted by Crippen LogP contribution is -2.62. The van der Waals surface area contributed by atoms with Gasteiger partial charge in [-0.3, -0.25) is 5.41 Å². The van der Waals surface area contributed by atoms with E-state index < -0.39 is 17.4 Å². The summed E-state index contributed by atoms with van der Waals surface area (Å²) >= 11 is 0. The molecule has 2 rings (SSSR count). The smallest absolute Gasteiger partial charge is 0.320 e. The highest BCUT2D eigenvalue weighted by molar-refractivity contribution is 5.96. The van der Waals surface area contributed by atoms with E-state index >= 15 is 0 Å². The maximum atomic E-state index is 13.5. The molecule has 0 atom stereocenters. The van der Waals surface area contributed by atoms with Gasteiger partial charge in [0.25, 0.3) is 0 Å². The van der Waals surface area contributed by atoms with E-state index in [2.05, 4.69) is 15.5 Å². The zero-order valence-electron chi connectivity index (χ0n) is 11.9. The number of anilines is 1. The van der Waals surface area contributed by atoms with Crippen molar-refractivity contribution in [2.75, 3.05) is 25.5 Å². The molecule has 0 saturated carbocycles. The number of amidine groups is 1. The van der Waals surface area contributed by atoms with Crippen LogP contribution in [0.2, 0.25) is 0 Å². The molecule has 5 N–H and O–H groups in total. The summed E-state index contributed by atoms with van der Waals surface area (Å²) in [4.78, 5) is 14.2. The third-order valence-electron chi connectivity index (χ3n) is 3.83. The summed E-state index contributed by atoms with van der Waals surface area (Å²) in [5.74, 6) is -0.577. The van der Waals surface area contributed by atoms with Crippen LogP contribution in [0.3, 0.4) is 0 Å². The molecule has 1 aliphatic rings. The van der Waals surface area contributed by atoms with Crippen molar-refractivity contribution in [1.82, 2.24) is 10.2 Å². The number of likely N-dealkylation sites (tertiary alicyclic amines) is 1. The number of hydrogen-bond acceptors (Lipinski definition) is 3. The summed E-state index contributed by atoms with van der Waals surface area (Å²) in [5.41, 5.74) is 4.91. The number of urea groups is 1. The molecule has 1 heterocycles. The average Bonchev–Trinajstić information content (AvgIpc) is 2.44. The second-order valence-electron chi connectivity index (χ2n) is 5.36. The Hall–Kier alpha value is -2.15. The van der Waals surface area contributed by atoms with Gasteiger partial charge in [0.15, 0.2) is 0 Å². The van der Waals surface area contributed by atoms with E-state index in [0.29, 0.717) is 12.8 Å². The Kier molecular flexibility index (Phi) is 4.42. The fraction of sp³-hybridized carbons (Fsp3) is 0.429. The highest BCUT2D eigenvalue weighted by Crippen LogP contribution is 2.22. The first-order chi connectivity index (χ1) is 9.93. The SMILES string of the molecule is CN1CCC(NC(=O)Nc2ccccc2F)(C(=N)N)CC1. The molecule has 6 nitrogen and oxygen atoms in total. The molecule has 1 aliphatic heterocycles. The van der Waals surface area contributed by atoms with E-state index in [1.54, 1.807) is 12.1 Å². The summed E-state index contributed by atoms with van der Waals surface area (Å²) in [7, 11) is 1.98. The van der Waals surface area contributed by atoms with Crippen LogP contribution in [0, 0.1) is 11.2 Å². The van der Waals surface area contributed by atoms with Crippen LogP contribution in [0.1, 0.15) is 12.8 Å². The molecular formula is C14H20FN5O. The number of nitrogens with one attached hydrogen (secondary N) is 3. The Morgan fingerprint density at radius 3 is 2.57 bits per heavy atom. The maximum absolute atomic E-state index is 13.5. The summed E-state index contributed by atoms with van der Waals surface area (Å²) in [6.45, 7) is 1.47. The second-order valence-corrected chi connectivity index (χ2v) is 5.36. The lowest BCUT2D eigenvalue weighted by molar-refractivity contribution is 0.198. The van der Waals surface area contributed by atoms with Gasteiger partial charge in [-0.15, -0.1) is 0 Å². The number of carbonyl (C=O) groups is 1.